The van der Waals surface area contributed by atoms with Gasteiger partial charge in [-0.15, -0.1) is 0 Å². The van der Waals surface area contributed by atoms with Gasteiger partial charge in [-0.3, -0.25) is 0 Å². The Kier molecular flexibility index (Phi) is 10.7. The predicted octanol–water partition coefficient (Wildman–Crippen LogP) is 2.83. The molecule has 18 heavy (non-hydrogen) atoms. The van der Waals surface area contributed by atoms with Gasteiger partial charge in [0.05, 0.1) is 14.1 Å². The van der Waals surface area contributed by atoms with Crippen molar-refractivity contribution < 1.29 is 39.1 Å². The van der Waals surface area contributed by atoms with Crippen molar-refractivity contribution in [3.8, 4) is 0 Å². The Bertz CT molecular complexity index is 268. The molecule has 0 spiro atoms. The fourth-order valence-corrected chi connectivity index (χ4v) is 0.575. The zero-order valence-electron chi connectivity index (χ0n) is 9.80. The number of nitrogens with zero attached hydrogens (tertiary/aromatic N) is 2. The molecule has 0 atom stereocenters. The van der Waals surface area contributed by atoms with Gasteiger partial charge in [0.15, 0.2) is 0 Å². The number of hydrogen-bond acceptors (Lipinski definition) is 0. The summed E-state index contributed by atoms with van der Waals surface area (Å²) in [4.78, 5) is 0. The number of hydrogen-bond donors (Lipinski definition) is 1. The van der Waals surface area contributed by atoms with E-state index in [2.05, 4.69) is 0 Å². The molecule has 0 aromatic carbocycles. The average molecular weight is 289 g/mol. The summed E-state index contributed by atoms with van der Waals surface area (Å²) in [5.74, 6) is 0. The lowest BCUT2D eigenvalue weighted by molar-refractivity contribution is -0.670. The van der Waals surface area contributed by atoms with Crippen LogP contribution in [0.15, 0.2) is 18.7 Å². The van der Waals surface area contributed by atoms with Gasteiger partial charge >= 0.3 is 14.5 Å². The van der Waals surface area contributed by atoms with Crippen LogP contribution in [-0.4, -0.2) is 19.1 Å². The van der Waals surface area contributed by atoms with E-state index < -0.39 is 14.5 Å². The Morgan fingerprint density at radius 1 is 0.889 bits per heavy atom. The normalized spacial score (nSPS) is 10.3. The molecule has 0 amide bonds. The van der Waals surface area contributed by atoms with E-state index in [-0.39, 0.29) is 6.15 Å². The summed E-state index contributed by atoms with van der Waals surface area (Å²) in [6.45, 7) is 0. The minimum absolute atomic E-state index is 0. The summed E-state index contributed by atoms with van der Waals surface area (Å²) < 4.78 is 82.0. The van der Waals surface area contributed by atoms with Crippen LogP contribution in [0.25, 0.3) is 0 Å². The van der Waals surface area contributed by atoms with Gasteiger partial charge < -0.3 is 40.7 Å². The Labute approximate surface area is 98.2 Å². The van der Waals surface area contributed by atoms with Crippen molar-refractivity contribution in [2.75, 3.05) is 0 Å². The van der Waals surface area contributed by atoms with Crippen LogP contribution in [0.3, 0.4) is 0 Å². The average Bonchev–Trinajstić information content (AvgIpc) is 2.26. The Morgan fingerprint density at radius 2 is 1.17 bits per heavy atom. The number of aryl methyl sites for hydroxylation is 2. The smallest absolute Gasteiger partial charge is 0.418 e. The molecule has 13 heteroatoms. The lowest BCUT2D eigenvalue weighted by Crippen LogP contribution is -2.23. The molecule has 0 aliphatic rings. The van der Waals surface area contributed by atoms with Gasteiger partial charge in [-0.2, -0.15) is 0 Å². The summed E-state index contributed by atoms with van der Waals surface area (Å²) in [6, 6.07) is 0. The molecule has 1 aromatic heterocycles. The summed E-state index contributed by atoms with van der Waals surface area (Å²) in [5.41, 5.74) is 0. The topological polar surface area (TPSA) is 45.3 Å². The second-order valence-corrected chi connectivity index (χ2v) is 2.73. The van der Waals surface area contributed by atoms with E-state index in [0.29, 0.717) is 0 Å². The molecule has 0 aliphatic heterocycles. The molecule has 0 saturated carbocycles. The zero-order chi connectivity index (χ0) is 14.3. The summed E-state index contributed by atoms with van der Waals surface area (Å²) >= 11 is 0. The van der Waals surface area contributed by atoms with Crippen LogP contribution < -0.4 is 10.7 Å². The van der Waals surface area contributed by atoms with Gasteiger partial charge in [0.25, 0.3) is 0 Å². The maximum Gasteiger partial charge on any atom is 0.673 e. The van der Waals surface area contributed by atoms with Crippen molar-refractivity contribution in [3.63, 3.8) is 0 Å². The number of imidazole rings is 1. The van der Waals surface area contributed by atoms with E-state index in [1.165, 1.54) is 0 Å². The SMILES string of the molecule is Cn1cc[n+](C)c1.F[B-](F)(F)F.F[B-](F)(F)F.[NH4+]. The van der Waals surface area contributed by atoms with Crippen LogP contribution in [0, 0.1) is 0 Å². The third kappa shape index (κ3) is 46.5. The first-order chi connectivity index (χ1) is 7.29. The highest BCUT2D eigenvalue weighted by Crippen LogP contribution is 2.07. The largest absolute Gasteiger partial charge is 0.673 e. The zero-order valence-corrected chi connectivity index (χ0v) is 9.80. The molecule has 1 rings (SSSR count). The van der Waals surface area contributed by atoms with E-state index in [1.807, 2.05) is 42.0 Å². The minimum atomic E-state index is -6.00. The monoisotopic (exact) mass is 289 g/mol. The van der Waals surface area contributed by atoms with E-state index in [1.54, 1.807) is 0 Å². The lowest BCUT2D eigenvalue weighted by atomic mass is 10.3. The summed E-state index contributed by atoms with van der Waals surface area (Å²) in [5, 5.41) is 0. The van der Waals surface area contributed by atoms with E-state index in [4.69, 9.17) is 0 Å². The van der Waals surface area contributed by atoms with Crippen molar-refractivity contribution in [2.24, 2.45) is 14.1 Å². The van der Waals surface area contributed by atoms with Crippen molar-refractivity contribution in [3.05, 3.63) is 18.7 Å². The number of aromatic nitrogens is 2. The highest BCUT2D eigenvalue weighted by atomic mass is 19.5. The number of halogens is 8. The Balaban J connectivity index is -0.000000188. The molecule has 3 nitrogen and oxygen atoms in total. The third-order valence-corrected chi connectivity index (χ3v) is 0.901. The van der Waals surface area contributed by atoms with Gasteiger partial charge in [0, 0.05) is 0 Å². The third-order valence-electron chi connectivity index (χ3n) is 0.901. The van der Waals surface area contributed by atoms with Gasteiger partial charge in [0.2, 0.25) is 6.33 Å². The first-order valence-electron chi connectivity index (χ1n) is 4.01. The van der Waals surface area contributed by atoms with Crippen molar-refractivity contribution >= 4 is 14.5 Å². The van der Waals surface area contributed by atoms with Gasteiger partial charge in [-0.05, 0) is 0 Å². The fraction of sp³-hybridized carbons (Fsp3) is 0.400. The quantitative estimate of drug-likeness (QED) is 0.433. The highest BCUT2D eigenvalue weighted by molar-refractivity contribution is 6.50. The van der Waals surface area contributed by atoms with Gasteiger partial charge in [-0.1, -0.05) is 0 Å². The number of quaternary nitrogens is 1. The maximum atomic E-state index is 9.75. The van der Waals surface area contributed by atoms with E-state index in [0.717, 1.165) is 0 Å². The van der Waals surface area contributed by atoms with Crippen molar-refractivity contribution in [1.29, 1.82) is 0 Å². The van der Waals surface area contributed by atoms with Crippen LogP contribution in [0.2, 0.25) is 0 Å². The predicted molar refractivity (Wildman–Crippen MR) is 52.9 cm³/mol. The molecular weight excluding hydrogens is 276 g/mol. The van der Waals surface area contributed by atoms with Crippen LogP contribution >= 0.6 is 0 Å². The molecule has 1 aromatic rings. The standard InChI is InChI=1S/C5H9N2.2BF4.H3N/c1-6-3-4-7(2)5-6;2*2-1(3,4)5;/h3-5H,1-2H3;;;1H3/q+1;2*-1;/p+1. The second kappa shape index (κ2) is 8.78. The highest BCUT2D eigenvalue weighted by Gasteiger charge is 2.21. The molecule has 0 unspecified atom stereocenters. The van der Waals surface area contributed by atoms with Crippen LogP contribution in [0.5, 0.6) is 0 Å². The molecular formula is C5H13B2F8N3. The van der Waals surface area contributed by atoms with Crippen molar-refractivity contribution in [2.45, 2.75) is 0 Å². The van der Waals surface area contributed by atoms with Crippen LogP contribution in [0.1, 0.15) is 0 Å². The van der Waals surface area contributed by atoms with E-state index >= 15 is 0 Å². The molecule has 0 aliphatic carbocycles. The second-order valence-electron chi connectivity index (χ2n) is 2.73. The molecule has 0 bridgehead atoms. The first-order valence-corrected chi connectivity index (χ1v) is 4.01. The van der Waals surface area contributed by atoms with E-state index in [9.17, 15) is 34.5 Å². The Hall–Kier alpha value is -1.26. The lowest BCUT2D eigenvalue weighted by Gasteiger charge is -1.94. The molecule has 4 N–H and O–H groups in total. The fourth-order valence-electron chi connectivity index (χ4n) is 0.575. The molecule has 0 fully saturated rings. The Morgan fingerprint density at radius 3 is 1.22 bits per heavy atom. The molecule has 0 radical (unpaired) electrons. The summed E-state index contributed by atoms with van der Waals surface area (Å²) in [6.07, 6.45) is 6.00. The van der Waals surface area contributed by atoms with Crippen LogP contribution in [-0.2, 0) is 14.1 Å². The molecule has 110 valence electrons. The maximum absolute atomic E-state index is 9.75. The number of rotatable bonds is 0. The minimum Gasteiger partial charge on any atom is -0.418 e. The van der Waals surface area contributed by atoms with Crippen molar-refractivity contribution in [1.82, 2.24) is 10.7 Å². The summed E-state index contributed by atoms with van der Waals surface area (Å²) in [7, 11) is -8.00. The van der Waals surface area contributed by atoms with Gasteiger partial charge in [-0.25, -0.2) is 9.13 Å². The van der Waals surface area contributed by atoms with Gasteiger partial charge in [0.1, 0.15) is 12.4 Å². The molecule has 0 saturated heterocycles. The molecule has 1 heterocycles. The first kappa shape index (κ1) is 22.0. The van der Waals surface area contributed by atoms with Crippen LogP contribution in [0.4, 0.5) is 34.5 Å².